The van der Waals surface area contributed by atoms with Gasteiger partial charge in [0.15, 0.2) is 0 Å². The van der Waals surface area contributed by atoms with Gasteiger partial charge in [-0.15, -0.1) is 9.24 Å². The van der Waals surface area contributed by atoms with Crippen LogP contribution in [-0.2, 0) is 0 Å². The highest BCUT2D eigenvalue weighted by atomic mass is 32.2. The quantitative estimate of drug-likeness (QED) is 0.405. The van der Waals surface area contributed by atoms with Gasteiger partial charge in [0.05, 0.1) is 0 Å². The molecule has 0 rings (SSSR count). The Morgan fingerprint density at radius 2 is 2.33 bits per heavy atom. The van der Waals surface area contributed by atoms with Crippen LogP contribution >= 0.6 is 21.0 Å². The van der Waals surface area contributed by atoms with Crippen molar-refractivity contribution in [3.05, 3.63) is 0 Å². The average Bonchev–Trinajstić information content (AvgIpc) is 1.61. The molecule has 0 nitrogen and oxygen atoms in total. The van der Waals surface area contributed by atoms with Gasteiger partial charge in [0, 0.05) is 0 Å². The Morgan fingerprint density at radius 3 is 2.50 bits per heavy atom. The molecule has 0 bridgehead atoms. The molecule has 0 fully saturated rings. The second kappa shape index (κ2) is 5.78. The maximum atomic E-state index is 2.71. The van der Waals surface area contributed by atoms with Crippen LogP contribution in [0.4, 0.5) is 0 Å². The Morgan fingerprint density at radius 1 is 1.67 bits per heavy atom. The minimum Gasteiger partial charge on any atom is -0.162 e. The van der Waals surface area contributed by atoms with Gasteiger partial charge in [0.1, 0.15) is 0 Å². The summed E-state index contributed by atoms with van der Waals surface area (Å²) in [4.78, 5) is 0. The van der Waals surface area contributed by atoms with Crippen molar-refractivity contribution in [3.8, 4) is 0 Å². The molecular weight excluding hydrogens is 111 g/mol. The van der Waals surface area contributed by atoms with Crippen molar-refractivity contribution >= 4 is 21.0 Å². The molecule has 0 amide bonds. The van der Waals surface area contributed by atoms with Crippen LogP contribution in [0.15, 0.2) is 0 Å². The van der Waals surface area contributed by atoms with Gasteiger partial charge in [0.2, 0.25) is 0 Å². The van der Waals surface area contributed by atoms with Crippen LogP contribution in [0.3, 0.4) is 0 Å². The van der Waals surface area contributed by atoms with Crippen molar-refractivity contribution < 1.29 is 0 Å². The summed E-state index contributed by atoms with van der Waals surface area (Å²) in [5, 5.41) is 0. The third kappa shape index (κ3) is 4.78. The fourth-order valence-electron chi connectivity index (χ4n) is 0.228. The van der Waals surface area contributed by atoms with Crippen molar-refractivity contribution in [2.24, 2.45) is 0 Å². The van der Waals surface area contributed by atoms with E-state index in [0.29, 0.717) is 0 Å². The van der Waals surface area contributed by atoms with E-state index in [0.717, 1.165) is 0 Å². The number of thioether (sulfide) groups is 1. The lowest BCUT2D eigenvalue weighted by Crippen LogP contribution is -1.76. The summed E-state index contributed by atoms with van der Waals surface area (Å²) in [5.74, 6) is 2.55. The molecule has 0 aliphatic heterocycles. The lowest BCUT2D eigenvalue weighted by atomic mass is 10.9. The Hall–Kier alpha value is 0.780. The van der Waals surface area contributed by atoms with E-state index in [2.05, 4.69) is 16.2 Å². The van der Waals surface area contributed by atoms with Gasteiger partial charge in [-0.1, -0.05) is 6.92 Å². The molecule has 0 spiro atoms. The third-order valence-electron chi connectivity index (χ3n) is 0.466. The topological polar surface area (TPSA) is 0 Å². The molecule has 0 aromatic carbocycles. The Bertz CT molecular complexity index is 19.5. The molecule has 0 saturated carbocycles. The summed E-state index contributed by atoms with van der Waals surface area (Å²) < 4.78 is 0. The molecule has 38 valence electrons. The van der Waals surface area contributed by atoms with Crippen LogP contribution in [0.1, 0.15) is 6.92 Å². The fourth-order valence-corrected chi connectivity index (χ4v) is 1.18. The zero-order chi connectivity index (χ0) is 4.83. The van der Waals surface area contributed by atoms with Crippen LogP contribution < -0.4 is 0 Å². The predicted octanol–water partition coefficient (Wildman–Crippen LogP) is 1.61. The molecule has 1 atom stereocenters. The van der Waals surface area contributed by atoms with Crippen LogP contribution in [-0.4, -0.2) is 17.7 Å². The van der Waals surface area contributed by atoms with E-state index >= 15 is 0 Å². The SMILES string of the molecule is CCSCCP. The zero-order valence-corrected chi connectivity index (χ0v) is 6.08. The minimum atomic E-state index is 1.23. The summed E-state index contributed by atoms with van der Waals surface area (Å²) in [7, 11) is 2.71. The fraction of sp³-hybridized carbons (Fsp3) is 1.00. The summed E-state index contributed by atoms with van der Waals surface area (Å²) in [6.07, 6.45) is 1.23. The average molecular weight is 122 g/mol. The van der Waals surface area contributed by atoms with E-state index in [1.165, 1.54) is 17.7 Å². The van der Waals surface area contributed by atoms with E-state index in [4.69, 9.17) is 0 Å². The second-order valence-electron chi connectivity index (χ2n) is 0.986. The van der Waals surface area contributed by atoms with E-state index < -0.39 is 0 Å². The highest BCUT2D eigenvalue weighted by Gasteiger charge is 1.74. The largest absolute Gasteiger partial charge is 0.162 e. The minimum absolute atomic E-state index is 1.23. The molecule has 0 N–H and O–H groups in total. The smallest absolute Gasteiger partial charge is 0.00330 e. The van der Waals surface area contributed by atoms with Crippen molar-refractivity contribution in [2.75, 3.05) is 17.7 Å². The van der Waals surface area contributed by atoms with E-state index in [1.807, 2.05) is 11.8 Å². The Balaban J connectivity index is 2.34. The van der Waals surface area contributed by atoms with E-state index in [1.54, 1.807) is 0 Å². The van der Waals surface area contributed by atoms with Crippen molar-refractivity contribution in [2.45, 2.75) is 6.92 Å². The Labute approximate surface area is 46.3 Å². The van der Waals surface area contributed by atoms with Gasteiger partial charge >= 0.3 is 0 Å². The van der Waals surface area contributed by atoms with Gasteiger partial charge in [-0.2, -0.15) is 11.8 Å². The lowest BCUT2D eigenvalue weighted by molar-refractivity contribution is 1.48. The molecule has 0 radical (unpaired) electrons. The van der Waals surface area contributed by atoms with Gasteiger partial charge in [0.25, 0.3) is 0 Å². The second-order valence-corrected chi connectivity index (χ2v) is 2.96. The summed E-state index contributed by atoms with van der Waals surface area (Å²) in [6, 6.07) is 0. The first-order valence-electron chi connectivity index (χ1n) is 2.19. The third-order valence-corrected chi connectivity index (χ3v) is 2.11. The van der Waals surface area contributed by atoms with Crippen LogP contribution in [0, 0.1) is 0 Å². The maximum Gasteiger partial charge on any atom is -0.00330 e. The summed E-state index contributed by atoms with van der Waals surface area (Å²) in [5.41, 5.74) is 0. The maximum absolute atomic E-state index is 2.71. The van der Waals surface area contributed by atoms with E-state index in [9.17, 15) is 0 Å². The standard InChI is InChI=1S/C4H11PS/c1-2-6-4-3-5/h2-5H2,1H3. The highest BCUT2D eigenvalue weighted by molar-refractivity contribution is 7.99. The van der Waals surface area contributed by atoms with Crippen LogP contribution in [0.5, 0.6) is 0 Å². The Kier molecular flexibility index (Phi) is 6.53. The van der Waals surface area contributed by atoms with Crippen LogP contribution in [0.2, 0.25) is 0 Å². The van der Waals surface area contributed by atoms with Gasteiger partial charge in [-0.05, 0) is 17.7 Å². The molecule has 6 heavy (non-hydrogen) atoms. The first kappa shape index (κ1) is 6.78. The lowest BCUT2D eigenvalue weighted by Gasteiger charge is -1.86. The molecule has 0 aliphatic rings. The van der Waals surface area contributed by atoms with Gasteiger partial charge < -0.3 is 0 Å². The van der Waals surface area contributed by atoms with E-state index in [-0.39, 0.29) is 0 Å². The van der Waals surface area contributed by atoms with Crippen molar-refractivity contribution in [1.82, 2.24) is 0 Å². The molecule has 0 aromatic rings. The predicted molar refractivity (Wildman–Crippen MR) is 37.6 cm³/mol. The van der Waals surface area contributed by atoms with Gasteiger partial charge in [-0.3, -0.25) is 0 Å². The molecule has 0 aromatic heterocycles. The molecule has 2 heteroatoms. The molecule has 1 unspecified atom stereocenters. The number of hydrogen-bond acceptors (Lipinski definition) is 1. The zero-order valence-electron chi connectivity index (χ0n) is 4.11. The van der Waals surface area contributed by atoms with Crippen molar-refractivity contribution in [3.63, 3.8) is 0 Å². The highest BCUT2D eigenvalue weighted by Crippen LogP contribution is 1.98. The molecule has 0 saturated heterocycles. The van der Waals surface area contributed by atoms with Gasteiger partial charge in [-0.25, -0.2) is 0 Å². The molecular formula is C4H11PS. The molecule has 0 heterocycles. The monoisotopic (exact) mass is 122 g/mol. The van der Waals surface area contributed by atoms with Crippen LogP contribution in [0.25, 0.3) is 0 Å². The molecule has 0 aliphatic carbocycles. The first-order valence-corrected chi connectivity index (χ1v) is 4.16. The summed E-state index contributed by atoms with van der Waals surface area (Å²) >= 11 is 1.99. The number of rotatable bonds is 3. The first-order chi connectivity index (χ1) is 2.91. The number of hydrogen-bond donors (Lipinski definition) is 0. The normalized spacial score (nSPS) is 9.00. The summed E-state index contributed by atoms with van der Waals surface area (Å²) in [6.45, 7) is 2.19. The van der Waals surface area contributed by atoms with Crippen molar-refractivity contribution in [1.29, 1.82) is 0 Å².